The molecule has 0 aliphatic rings. The van der Waals surface area contributed by atoms with Crippen LogP contribution in [-0.2, 0) is 15.0 Å². The Balaban J connectivity index is 5.00. The predicted octanol–water partition coefficient (Wildman–Crippen LogP) is 0.263. The fourth-order valence-corrected chi connectivity index (χ4v) is 3.11. The van der Waals surface area contributed by atoms with Gasteiger partial charge in [-0.25, -0.2) is 0 Å². The number of aliphatic carboxylic acids is 1. The first-order chi connectivity index (χ1) is 8.39. The van der Waals surface area contributed by atoms with Crippen molar-refractivity contribution in [3.8, 4) is 6.07 Å². The molecule has 0 radical (unpaired) electrons. The minimum Gasteiger partial charge on any atom is -0.480 e. The zero-order chi connectivity index (χ0) is 14.2. The van der Waals surface area contributed by atoms with Crippen molar-refractivity contribution >= 4 is 16.2 Å². The molecule has 0 saturated carbocycles. The molecule has 18 heavy (non-hydrogen) atoms. The van der Waals surface area contributed by atoms with Gasteiger partial charge in [0.05, 0.1) is 6.07 Å². The van der Waals surface area contributed by atoms with Crippen LogP contribution in [-0.4, -0.2) is 54.3 Å². The van der Waals surface area contributed by atoms with Crippen molar-refractivity contribution in [3.63, 3.8) is 0 Å². The SMILES string of the molecule is CCCN(CC(=O)O)S(=O)(=O)N(CC)CCC#N. The summed E-state index contributed by atoms with van der Waals surface area (Å²) in [4.78, 5) is 10.7. The lowest BCUT2D eigenvalue weighted by molar-refractivity contribution is -0.137. The van der Waals surface area contributed by atoms with Gasteiger partial charge in [0.2, 0.25) is 0 Å². The highest BCUT2D eigenvalue weighted by Gasteiger charge is 2.29. The van der Waals surface area contributed by atoms with E-state index in [1.54, 1.807) is 13.8 Å². The second kappa shape index (κ2) is 8.02. The second-order valence-corrected chi connectivity index (χ2v) is 5.56. The van der Waals surface area contributed by atoms with E-state index in [1.165, 1.54) is 0 Å². The zero-order valence-electron chi connectivity index (χ0n) is 10.7. The van der Waals surface area contributed by atoms with Crippen LogP contribution >= 0.6 is 0 Å². The number of rotatable bonds is 9. The molecule has 7 nitrogen and oxygen atoms in total. The van der Waals surface area contributed by atoms with Crippen LogP contribution in [0.2, 0.25) is 0 Å². The Morgan fingerprint density at radius 2 is 1.89 bits per heavy atom. The Morgan fingerprint density at radius 1 is 1.28 bits per heavy atom. The van der Waals surface area contributed by atoms with E-state index in [1.807, 2.05) is 6.07 Å². The van der Waals surface area contributed by atoms with Crippen molar-refractivity contribution in [2.75, 3.05) is 26.2 Å². The van der Waals surface area contributed by atoms with Gasteiger partial charge in [0.15, 0.2) is 0 Å². The Bertz CT molecular complexity index is 402. The first kappa shape index (κ1) is 16.8. The maximum atomic E-state index is 12.2. The third-order valence-electron chi connectivity index (χ3n) is 2.26. The lowest BCUT2D eigenvalue weighted by Gasteiger charge is -2.27. The summed E-state index contributed by atoms with van der Waals surface area (Å²) in [6.07, 6.45) is 0.614. The fourth-order valence-electron chi connectivity index (χ4n) is 1.45. The molecule has 0 unspecified atom stereocenters. The average Bonchev–Trinajstić information content (AvgIpc) is 2.28. The van der Waals surface area contributed by atoms with Crippen LogP contribution in [0.5, 0.6) is 0 Å². The number of hydrogen-bond donors (Lipinski definition) is 1. The van der Waals surface area contributed by atoms with Gasteiger partial charge < -0.3 is 5.11 Å². The number of nitrogens with zero attached hydrogens (tertiary/aromatic N) is 3. The third kappa shape index (κ3) is 5.00. The first-order valence-electron chi connectivity index (χ1n) is 5.74. The molecule has 0 aromatic carbocycles. The van der Waals surface area contributed by atoms with E-state index in [2.05, 4.69) is 0 Å². The Labute approximate surface area is 108 Å². The van der Waals surface area contributed by atoms with E-state index in [0.717, 1.165) is 8.61 Å². The maximum Gasteiger partial charge on any atom is 0.318 e. The molecule has 0 amide bonds. The van der Waals surface area contributed by atoms with Crippen molar-refractivity contribution in [2.45, 2.75) is 26.7 Å². The summed E-state index contributed by atoms with van der Waals surface area (Å²) in [6, 6.07) is 1.88. The first-order valence-corrected chi connectivity index (χ1v) is 7.13. The third-order valence-corrected chi connectivity index (χ3v) is 4.32. The summed E-state index contributed by atoms with van der Waals surface area (Å²) in [7, 11) is -3.81. The second-order valence-electron chi connectivity index (χ2n) is 3.63. The van der Waals surface area contributed by atoms with Crippen molar-refractivity contribution in [3.05, 3.63) is 0 Å². The monoisotopic (exact) mass is 277 g/mol. The summed E-state index contributed by atoms with van der Waals surface area (Å²) in [5.74, 6) is -1.19. The summed E-state index contributed by atoms with van der Waals surface area (Å²) in [5.41, 5.74) is 0. The van der Waals surface area contributed by atoms with Gasteiger partial charge in [0, 0.05) is 26.1 Å². The average molecular weight is 277 g/mol. The van der Waals surface area contributed by atoms with E-state index in [0.29, 0.717) is 6.42 Å². The van der Waals surface area contributed by atoms with Crippen LogP contribution in [0.25, 0.3) is 0 Å². The van der Waals surface area contributed by atoms with Gasteiger partial charge in [0.25, 0.3) is 10.2 Å². The lowest BCUT2D eigenvalue weighted by atomic mass is 10.5. The minimum absolute atomic E-state index is 0.0785. The summed E-state index contributed by atoms with van der Waals surface area (Å²) in [6.45, 7) is 3.31. The molecule has 8 heteroatoms. The molecule has 0 aromatic rings. The van der Waals surface area contributed by atoms with Gasteiger partial charge in [-0.3, -0.25) is 4.79 Å². The smallest absolute Gasteiger partial charge is 0.318 e. The standard InChI is InChI=1S/C10H19N3O4S/c1-3-7-13(9-10(14)15)18(16,17)12(4-2)8-5-6-11/h3-5,7-9H2,1-2H3,(H,14,15). The molecule has 0 aliphatic carbocycles. The Hall–Kier alpha value is -1.17. The topological polar surface area (TPSA) is 102 Å². The molecule has 0 rings (SSSR count). The molecule has 0 heterocycles. The molecule has 104 valence electrons. The largest absolute Gasteiger partial charge is 0.480 e. The van der Waals surface area contributed by atoms with Gasteiger partial charge in [-0.1, -0.05) is 13.8 Å². The minimum atomic E-state index is -3.81. The van der Waals surface area contributed by atoms with Gasteiger partial charge in [-0.2, -0.15) is 22.3 Å². The van der Waals surface area contributed by atoms with Crippen molar-refractivity contribution < 1.29 is 18.3 Å². The number of carbonyl (C=O) groups is 1. The number of carboxylic acids is 1. The number of hydrogen-bond acceptors (Lipinski definition) is 4. The fraction of sp³-hybridized carbons (Fsp3) is 0.800. The molecule has 0 aliphatic heterocycles. The van der Waals surface area contributed by atoms with Crippen molar-refractivity contribution in [1.29, 1.82) is 5.26 Å². The molecule has 0 fully saturated rings. The molecule has 0 bridgehead atoms. The molecule has 0 atom stereocenters. The van der Waals surface area contributed by atoms with Crippen LogP contribution in [0.1, 0.15) is 26.7 Å². The van der Waals surface area contributed by atoms with E-state index in [9.17, 15) is 13.2 Å². The van der Waals surface area contributed by atoms with E-state index in [-0.39, 0.29) is 26.1 Å². The quantitative estimate of drug-likeness (QED) is 0.651. The van der Waals surface area contributed by atoms with Crippen molar-refractivity contribution in [2.24, 2.45) is 0 Å². The zero-order valence-corrected chi connectivity index (χ0v) is 11.5. The Morgan fingerprint density at radius 3 is 2.28 bits per heavy atom. The molecular formula is C10H19N3O4S. The molecule has 0 saturated heterocycles. The van der Waals surface area contributed by atoms with Gasteiger partial charge in [-0.05, 0) is 6.42 Å². The van der Waals surface area contributed by atoms with E-state index < -0.39 is 22.7 Å². The van der Waals surface area contributed by atoms with Crippen LogP contribution < -0.4 is 0 Å². The normalized spacial score (nSPS) is 11.7. The number of nitriles is 1. The van der Waals surface area contributed by atoms with E-state index in [4.69, 9.17) is 10.4 Å². The summed E-state index contributed by atoms with van der Waals surface area (Å²) in [5, 5.41) is 17.2. The van der Waals surface area contributed by atoms with Gasteiger partial charge in [-0.15, -0.1) is 0 Å². The molecule has 0 spiro atoms. The molecule has 0 aromatic heterocycles. The highest BCUT2D eigenvalue weighted by atomic mass is 32.2. The predicted molar refractivity (Wildman–Crippen MR) is 65.9 cm³/mol. The van der Waals surface area contributed by atoms with Crippen LogP contribution in [0.4, 0.5) is 0 Å². The highest BCUT2D eigenvalue weighted by molar-refractivity contribution is 7.86. The van der Waals surface area contributed by atoms with Gasteiger partial charge >= 0.3 is 5.97 Å². The molecule has 1 N–H and O–H groups in total. The summed E-state index contributed by atoms with van der Waals surface area (Å²) < 4.78 is 26.4. The van der Waals surface area contributed by atoms with Crippen LogP contribution in [0.3, 0.4) is 0 Å². The van der Waals surface area contributed by atoms with Crippen LogP contribution in [0.15, 0.2) is 0 Å². The molecular weight excluding hydrogens is 258 g/mol. The highest BCUT2D eigenvalue weighted by Crippen LogP contribution is 2.09. The summed E-state index contributed by atoms with van der Waals surface area (Å²) >= 11 is 0. The van der Waals surface area contributed by atoms with Crippen molar-refractivity contribution in [1.82, 2.24) is 8.61 Å². The van der Waals surface area contributed by atoms with Crippen LogP contribution in [0, 0.1) is 11.3 Å². The van der Waals surface area contributed by atoms with E-state index >= 15 is 0 Å². The lowest BCUT2D eigenvalue weighted by Crippen LogP contribution is -2.46. The Kier molecular flexibility index (Phi) is 7.50. The maximum absolute atomic E-state index is 12.2. The number of carboxylic acid groups (broad SMARTS) is 1. The van der Waals surface area contributed by atoms with Gasteiger partial charge in [0.1, 0.15) is 6.54 Å².